The maximum absolute atomic E-state index is 12.3. The average Bonchev–Trinajstić information content (AvgIpc) is 2.38. The summed E-state index contributed by atoms with van der Waals surface area (Å²) >= 11 is 6.09. The number of halogens is 1. The van der Waals surface area contributed by atoms with Crippen molar-refractivity contribution in [2.45, 2.75) is 53.1 Å². The first-order valence-electron chi connectivity index (χ1n) is 8.32. The van der Waals surface area contributed by atoms with Gasteiger partial charge in [-0.15, -0.1) is 0 Å². The average molecular weight is 338 g/mol. The fourth-order valence-corrected chi connectivity index (χ4v) is 3.89. The maximum atomic E-state index is 12.3. The molecule has 0 aliphatic carbocycles. The molecule has 0 aromatic heterocycles. The van der Waals surface area contributed by atoms with Gasteiger partial charge in [0.15, 0.2) is 0 Å². The number of aryl methyl sites for hydroxylation is 1. The molecule has 3 atom stereocenters. The Hall–Kier alpha value is -1.22. The van der Waals surface area contributed by atoms with Gasteiger partial charge in [-0.05, 0) is 68.7 Å². The van der Waals surface area contributed by atoms with Gasteiger partial charge in [0.2, 0.25) is 0 Å². The number of likely N-dealkylation sites (tertiary alicyclic amines) is 1. The van der Waals surface area contributed by atoms with Crippen molar-refractivity contribution in [2.75, 3.05) is 13.1 Å². The Balaban J connectivity index is 2.15. The van der Waals surface area contributed by atoms with Crippen molar-refractivity contribution in [3.63, 3.8) is 0 Å². The Bertz CT molecular complexity index is 567. The summed E-state index contributed by atoms with van der Waals surface area (Å²) in [6, 6.07) is 6.12. The van der Waals surface area contributed by atoms with E-state index in [2.05, 4.69) is 26.8 Å². The Morgan fingerprint density at radius 2 is 1.78 bits per heavy atom. The topological polar surface area (TPSA) is 29.5 Å². The van der Waals surface area contributed by atoms with Gasteiger partial charge in [0.25, 0.3) is 0 Å². The zero-order chi connectivity index (χ0) is 17.4. The maximum Gasteiger partial charge on any atom is 0.410 e. The fourth-order valence-electron chi connectivity index (χ4n) is 3.66. The number of benzene rings is 1. The van der Waals surface area contributed by atoms with E-state index < -0.39 is 5.60 Å². The third-order valence-corrected chi connectivity index (χ3v) is 4.72. The molecule has 0 radical (unpaired) electrons. The Morgan fingerprint density at radius 3 is 2.26 bits per heavy atom. The van der Waals surface area contributed by atoms with Crippen LogP contribution in [-0.2, 0) is 4.74 Å². The van der Waals surface area contributed by atoms with Crippen LogP contribution in [0.5, 0.6) is 0 Å². The molecule has 0 saturated carbocycles. The zero-order valence-corrected chi connectivity index (χ0v) is 15.8. The number of piperidine rings is 1. The van der Waals surface area contributed by atoms with Crippen LogP contribution in [0.15, 0.2) is 18.2 Å². The molecule has 1 aliphatic rings. The summed E-state index contributed by atoms with van der Waals surface area (Å²) in [4.78, 5) is 14.2. The molecule has 2 rings (SSSR count). The van der Waals surface area contributed by atoms with E-state index in [-0.39, 0.29) is 6.09 Å². The van der Waals surface area contributed by atoms with E-state index in [1.807, 2.05) is 37.8 Å². The summed E-state index contributed by atoms with van der Waals surface area (Å²) in [5, 5.41) is 0.776. The highest BCUT2D eigenvalue weighted by Gasteiger charge is 2.36. The Labute approximate surface area is 145 Å². The summed E-state index contributed by atoms with van der Waals surface area (Å²) in [5.74, 6) is 1.20. The number of amides is 1. The fraction of sp³-hybridized carbons (Fsp3) is 0.632. The van der Waals surface area contributed by atoms with Gasteiger partial charge in [0, 0.05) is 18.1 Å². The van der Waals surface area contributed by atoms with Gasteiger partial charge in [-0.2, -0.15) is 0 Å². The largest absolute Gasteiger partial charge is 0.444 e. The van der Waals surface area contributed by atoms with Crippen LogP contribution in [0.4, 0.5) is 4.79 Å². The first-order chi connectivity index (χ1) is 10.6. The smallest absolute Gasteiger partial charge is 0.410 e. The monoisotopic (exact) mass is 337 g/mol. The second-order valence-electron chi connectivity index (χ2n) is 7.87. The molecule has 1 fully saturated rings. The number of rotatable bonds is 1. The third-order valence-electron chi connectivity index (χ3n) is 4.49. The number of ether oxygens (including phenoxy) is 1. The highest BCUT2D eigenvalue weighted by atomic mass is 35.5. The van der Waals surface area contributed by atoms with E-state index >= 15 is 0 Å². The Kier molecular flexibility index (Phi) is 5.30. The van der Waals surface area contributed by atoms with Gasteiger partial charge in [0.1, 0.15) is 5.60 Å². The predicted molar refractivity (Wildman–Crippen MR) is 95.1 cm³/mol. The highest BCUT2D eigenvalue weighted by Crippen LogP contribution is 2.39. The molecule has 0 bridgehead atoms. The van der Waals surface area contributed by atoms with E-state index in [9.17, 15) is 4.79 Å². The van der Waals surface area contributed by atoms with Gasteiger partial charge in [-0.1, -0.05) is 31.5 Å². The van der Waals surface area contributed by atoms with Crippen LogP contribution in [0.2, 0.25) is 5.02 Å². The summed E-state index contributed by atoms with van der Waals surface area (Å²) in [6.07, 6.45) is -0.206. The summed E-state index contributed by atoms with van der Waals surface area (Å²) in [5.41, 5.74) is 2.12. The quantitative estimate of drug-likeness (QED) is 0.700. The summed E-state index contributed by atoms with van der Waals surface area (Å²) in [6.45, 7) is 13.7. The standard InChI is InChI=1S/C19H28ClNO2/c1-12-9-15(20)7-8-16(12)17-13(2)10-21(11-14(17)3)18(22)23-19(4,5)6/h7-9,13-14,17H,10-11H2,1-6H3/t13-,14?,17?/m1/s1. The normalized spacial score (nSPS) is 25.3. The molecule has 128 valence electrons. The highest BCUT2D eigenvalue weighted by molar-refractivity contribution is 6.30. The van der Waals surface area contributed by atoms with Crippen molar-refractivity contribution in [1.82, 2.24) is 4.90 Å². The lowest BCUT2D eigenvalue weighted by Gasteiger charge is -2.42. The molecule has 3 nitrogen and oxygen atoms in total. The molecular formula is C19H28ClNO2. The molecule has 1 amide bonds. The van der Waals surface area contributed by atoms with Crippen molar-refractivity contribution in [3.05, 3.63) is 34.3 Å². The molecule has 0 N–H and O–H groups in total. The van der Waals surface area contributed by atoms with E-state index in [4.69, 9.17) is 16.3 Å². The third kappa shape index (κ3) is 4.41. The van der Waals surface area contributed by atoms with E-state index in [1.54, 1.807) is 0 Å². The van der Waals surface area contributed by atoms with Crippen LogP contribution in [0, 0.1) is 18.8 Å². The van der Waals surface area contributed by atoms with Crippen LogP contribution >= 0.6 is 11.6 Å². The van der Waals surface area contributed by atoms with E-state index in [0.717, 1.165) is 18.1 Å². The molecule has 1 aromatic rings. The number of hydrogen-bond acceptors (Lipinski definition) is 2. The number of carbonyl (C=O) groups excluding carboxylic acids is 1. The molecule has 1 heterocycles. The SMILES string of the molecule is Cc1cc(Cl)ccc1C1C(C)CN(C(=O)OC(C)(C)C)C[C@H]1C. The second kappa shape index (κ2) is 6.72. The van der Waals surface area contributed by atoms with Gasteiger partial charge in [0.05, 0.1) is 0 Å². The van der Waals surface area contributed by atoms with Gasteiger partial charge in [-0.3, -0.25) is 0 Å². The molecule has 23 heavy (non-hydrogen) atoms. The summed E-state index contributed by atoms with van der Waals surface area (Å²) < 4.78 is 5.52. The first kappa shape index (κ1) is 18.1. The molecule has 1 saturated heterocycles. The molecule has 4 heteroatoms. The van der Waals surface area contributed by atoms with Crippen LogP contribution in [0.3, 0.4) is 0 Å². The van der Waals surface area contributed by atoms with Crippen LogP contribution < -0.4 is 0 Å². The van der Waals surface area contributed by atoms with E-state index in [0.29, 0.717) is 17.8 Å². The van der Waals surface area contributed by atoms with Crippen molar-refractivity contribution in [3.8, 4) is 0 Å². The van der Waals surface area contributed by atoms with Crippen molar-refractivity contribution in [2.24, 2.45) is 11.8 Å². The van der Waals surface area contributed by atoms with Crippen molar-refractivity contribution < 1.29 is 9.53 Å². The lowest BCUT2D eigenvalue weighted by molar-refractivity contribution is 0.00860. The van der Waals surface area contributed by atoms with Crippen LogP contribution in [0.25, 0.3) is 0 Å². The number of hydrogen-bond donors (Lipinski definition) is 0. The molecule has 0 spiro atoms. The minimum absolute atomic E-state index is 0.206. The first-order valence-corrected chi connectivity index (χ1v) is 8.70. The molecular weight excluding hydrogens is 310 g/mol. The van der Waals surface area contributed by atoms with Gasteiger partial charge < -0.3 is 9.64 Å². The molecule has 1 aliphatic heterocycles. The van der Waals surface area contributed by atoms with Crippen molar-refractivity contribution >= 4 is 17.7 Å². The minimum atomic E-state index is -0.451. The van der Waals surface area contributed by atoms with E-state index in [1.165, 1.54) is 11.1 Å². The van der Waals surface area contributed by atoms with Crippen LogP contribution in [0.1, 0.15) is 51.7 Å². The van der Waals surface area contributed by atoms with Gasteiger partial charge >= 0.3 is 6.09 Å². The predicted octanol–water partition coefficient (Wildman–Crippen LogP) is 5.25. The lowest BCUT2D eigenvalue weighted by atomic mass is 9.74. The van der Waals surface area contributed by atoms with Crippen molar-refractivity contribution in [1.29, 1.82) is 0 Å². The molecule has 2 unspecified atom stereocenters. The van der Waals surface area contributed by atoms with Gasteiger partial charge in [-0.25, -0.2) is 4.79 Å². The Morgan fingerprint density at radius 1 is 1.22 bits per heavy atom. The second-order valence-corrected chi connectivity index (χ2v) is 8.30. The van der Waals surface area contributed by atoms with Crippen LogP contribution in [-0.4, -0.2) is 29.7 Å². The summed E-state index contributed by atoms with van der Waals surface area (Å²) in [7, 11) is 0. The molecule has 1 aromatic carbocycles. The minimum Gasteiger partial charge on any atom is -0.444 e. The lowest BCUT2D eigenvalue weighted by Crippen LogP contribution is -2.48. The number of carbonyl (C=O) groups is 1. The number of nitrogens with zero attached hydrogens (tertiary/aromatic N) is 1. The zero-order valence-electron chi connectivity index (χ0n) is 15.0.